The van der Waals surface area contributed by atoms with Gasteiger partial charge in [-0.25, -0.2) is 0 Å². The predicted octanol–water partition coefficient (Wildman–Crippen LogP) is 6.72. The van der Waals surface area contributed by atoms with Crippen LogP contribution in [0.1, 0.15) is 63.4 Å². The average Bonchev–Trinajstić information content (AvgIpc) is 3.39. The van der Waals surface area contributed by atoms with E-state index in [4.69, 9.17) is 12.2 Å². The Labute approximate surface area is 242 Å². The van der Waals surface area contributed by atoms with Crippen LogP contribution >= 0.6 is 12.2 Å². The highest BCUT2D eigenvalue weighted by Gasteiger charge is 2.41. The second-order valence-corrected chi connectivity index (χ2v) is 11.3. The molecule has 2 aromatic heterocycles. The number of nitrogens with one attached hydrogen (secondary N) is 2. The van der Waals surface area contributed by atoms with Gasteiger partial charge in [0, 0.05) is 41.9 Å². The number of thiocarbonyl (C=S) groups is 1. The number of carbonyl (C=O) groups excluding carboxylic acids is 1. The molecule has 0 spiro atoms. The molecule has 1 fully saturated rings. The second-order valence-electron chi connectivity index (χ2n) is 10.9. The summed E-state index contributed by atoms with van der Waals surface area (Å²) in [5.74, 6) is -0.0303. The lowest BCUT2D eigenvalue weighted by molar-refractivity contribution is -0.116. The van der Waals surface area contributed by atoms with Crippen LogP contribution in [0.25, 0.3) is 5.69 Å². The van der Waals surface area contributed by atoms with Crippen LogP contribution in [-0.2, 0) is 4.79 Å². The Balaban J connectivity index is 1.48. The highest BCUT2D eigenvalue weighted by atomic mass is 32.1. The zero-order chi connectivity index (χ0) is 28.6. The number of aryl methyl sites for hydroxylation is 5. The molecular formula is C33H37N5OS. The number of carbonyl (C=O) groups is 1. The Hall–Kier alpha value is -3.97. The maximum atomic E-state index is 13.1. The minimum absolute atomic E-state index is 0.0303. The molecule has 1 aliphatic heterocycles. The summed E-state index contributed by atoms with van der Waals surface area (Å²) < 4.78 is 2.32. The van der Waals surface area contributed by atoms with Crippen molar-refractivity contribution in [1.29, 1.82) is 0 Å². The molecule has 1 aliphatic rings. The van der Waals surface area contributed by atoms with Crippen LogP contribution in [0, 0.1) is 41.5 Å². The third-order valence-corrected chi connectivity index (χ3v) is 8.05. The molecular weight excluding hydrogens is 514 g/mol. The number of benzene rings is 2. The van der Waals surface area contributed by atoms with E-state index in [0.717, 1.165) is 39.6 Å². The van der Waals surface area contributed by atoms with E-state index >= 15 is 0 Å². The molecule has 1 saturated heterocycles. The van der Waals surface area contributed by atoms with Crippen molar-refractivity contribution in [3.8, 4) is 5.69 Å². The number of pyridine rings is 1. The van der Waals surface area contributed by atoms with E-state index in [9.17, 15) is 4.79 Å². The number of anilines is 1. The fraction of sp³-hybridized carbons (Fsp3) is 0.303. The normalized spacial score (nSPS) is 16.8. The first-order valence-electron chi connectivity index (χ1n) is 13.7. The predicted molar refractivity (Wildman–Crippen MR) is 166 cm³/mol. The van der Waals surface area contributed by atoms with Gasteiger partial charge in [0.1, 0.15) is 0 Å². The van der Waals surface area contributed by atoms with Crippen molar-refractivity contribution in [2.24, 2.45) is 0 Å². The lowest BCUT2D eigenvalue weighted by atomic mass is 9.96. The molecule has 2 N–H and O–H groups in total. The molecule has 0 bridgehead atoms. The van der Waals surface area contributed by atoms with E-state index in [1.807, 2.05) is 50.4 Å². The molecule has 6 nitrogen and oxygen atoms in total. The third-order valence-electron chi connectivity index (χ3n) is 7.70. The molecule has 5 rings (SSSR count). The molecule has 1 amide bonds. The van der Waals surface area contributed by atoms with Crippen molar-refractivity contribution in [2.75, 3.05) is 11.9 Å². The van der Waals surface area contributed by atoms with Gasteiger partial charge in [-0.1, -0.05) is 24.3 Å². The van der Waals surface area contributed by atoms with Crippen LogP contribution in [0.2, 0.25) is 0 Å². The lowest BCUT2D eigenvalue weighted by Gasteiger charge is -2.28. The fourth-order valence-electron chi connectivity index (χ4n) is 5.85. The smallest absolute Gasteiger partial charge is 0.226 e. The van der Waals surface area contributed by atoms with Gasteiger partial charge in [-0.05, 0) is 118 Å². The van der Waals surface area contributed by atoms with Crippen molar-refractivity contribution in [3.63, 3.8) is 0 Å². The SMILES string of the molecule is Cc1cc(C)cc(-n2c(C)cc([C@@H]3[C@H](c4ccccn4)NC(=S)N3CCC(=O)Nc3cc(C)ccc3C)c2C)c1. The van der Waals surface area contributed by atoms with Gasteiger partial charge < -0.3 is 20.1 Å². The van der Waals surface area contributed by atoms with Gasteiger partial charge in [0.2, 0.25) is 5.91 Å². The summed E-state index contributed by atoms with van der Waals surface area (Å²) in [4.78, 5) is 19.9. The van der Waals surface area contributed by atoms with Crippen LogP contribution < -0.4 is 10.6 Å². The summed E-state index contributed by atoms with van der Waals surface area (Å²) in [6.07, 6.45) is 2.13. The van der Waals surface area contributed by atoms with Gasteiger partial charge in [-0.15, -0.1) is 0 Å². The zero-order valence-corrected chi connectivity index (χ0v) is 24.9. The average molecular weight is 552 g/mol. The number of rotatable bonds is 7. The van der Waals surface area contributed by atoms with E-state index in [0.29, 0.717) is 18.1 Å². The summed E-state index contributed by atoms with van der Waals surface area (Å²) in [7, 11) is 0. The second kappa shape index (κ2) is 11.3. The molecule has 2 atom stereocenters. The molecule has 0 radical (unpaired) electrons. The van der Waals surface area contributed by atoms with Crippen molar-refractivity contribution in [2.45, 2.75) is 60.0 Å². The van der Waals surface area contributed by atoms with E-state index in [2.05, 4.69) is 83.1 Å². The van der Waals surface area contributed by atoms with Gasteiger partial charge in [-0.3, -0.25) is 9.78 Å². The highest BCUT2D eigenvalue weighted by molar-refractivity contribution is 7.80. The minimum atomic E-state index is -0.135. The van der Waals surface area contributed by atoms with Crippen LogP contribution in [0.15, 0.2) is 66.9 Å². The molecule has 2 aromatic carbocycles. The van der Waals surface area contributed by atoms with Gasteiger partial charge >= 0.3 is 0 Å². The number of amides is 1. The summed E-state index contributed by atoms with van der Waals surface area (Å²) in [5.41, 5.74) is 11.0. The Morgan fingerprint density at radius 1 is 0.950 bits per heavy atom. The Kier molecular flexibility index (Phi) is 7.76. The van der Waals surface area contributed by atoms with Gasteiger partial charge in [0.25, 0.3) is 0 Å². The van der Waals surface area contributed by atoms with Crippen LogP contribution in [-0.4, -0.2) is 32.0 Å². The van der Waals surface area contributed by atoms with E-state index in [1.54, 1.807) is 0 Å². The topological polar surface area (TPSA) is 62.2 Å². The van der Waals surface area contributed by atoms with Crippen LogP contribution in [0.3, 0.4) is 0 Å². The van der Waals surface area contributed by atoms with Crippen molar-refractivity contribution in [1.82, 2.24) is 19.8 Å². The zero-order valence-electron chi connectivity index (χ0n) is 24.1. The first-order chi connectivity index (χ1) is 19.1. The molecule has 4 aromatic rings. The summed E-state index contributed by atoms with van der Waals surface area (Å²) in [5, 5.41) is 7.26. The Bertz CT molecular complexity index is 1560. The Morgan fingerprint density at radius 2 is 1.70 bits per heavy atom. The van der Waals surface area contributed by atoms with E-state index in [-0.39, 0.29) is 18.0 Å². The number of hydrogen-bond acceptors (Lipinski definition) is 3. The summed E-state index contributed by atoms with van der Waals surface area (Å²) in [6, 6.07) is 20.7. The van der Waals surface area contributed by atoms with Crippen LogP contribution in [0.5, 0.6) is 0 Å². The largest absolute Gasteiger partial charge is 0.352 e. The van der Waals surface area contributed by atoms with Crippen molar-refractivity contribution < 1.29 is 4.79 Å². The minimum Gasteiger partial charge on any atom is -0.352 e. The maximum Gasteiger partial charge on any atom is 0.226 e. The number of nitrogens with zero attached hydrogens (tertiary/aromatic N) is 3. The maximum absolute atomic E-state index is 13.1. The van der Waals surface area contributed by atoms with Gasteiger partial charge in [0.15, 0.2) is 5.11 Å². The molecule has 0 unspecified atom stereocenters. The molecule has 7 heteroatoms. The first-order valence-corrected chi connectivity index (χ1v) is 14.2. The molecule has 0 saturated carbocycles. The highest BCUT2D eigenvalue weighted by Crippen LogP contribution is 2.41. The number of aromatic nitrogens is 2. The van der Waals surface area contributed by atoms with E-state index in [1.165, 1.54) is 16.7 Å². The van der Waals surface area contributed by atoms with E-state index < -0.39 is 0 Å². The molecule has 206 valence electrons. The number of hydrogen-bond donors (Lipinski definition) is 2. The molecule has 0 aliphatic carbocycles. The summed E-state index contributed by atoms with van der Waals surface area (Å²) in [6.45, 7) is 13.1. The monoisotopic (exact) mass is 551 g/mol. The third kappa shape index (κ3) is 5.52. The molecule has 3 heterocycles. The fourth-order valence-corrected chi connectivity index (χ4v) is 6.19. The van der Waals surface area contributed by atoms with Gasteiger partial charge in [-0.2, -0.15) is 0 Å². The molecule has 40 heavy (non-hydrogen) atoms. The van der Waals surface area contributed by atoms with Gasteiger partial charge in [0.05, 0.1) is 17.8 Å². The standard InChI is InChI=1S/C33H37N5OS/c1-20-10-11-23(4)29(18-20)35-30(39)12-14-37-32(31(36-33(37)40)28-9-7-8-13-34-28)27-19-24(5)38(25(27)6)26-16-21(2)15-22(3)17-26/h7-11,13,15-19,31-32H,12,14H2,1-6H3,(H,35,39)(H,36,40)/t31-,32+/m0/s1. The quantitative estimate of drug-likeness (QED) is 0.250. The Morgan fingerprint density at radius 3 is 2.40 bits per heavy atom. The van der Waals surface area contributed by atoms with Crippen LogP contribution in [0.4, 0.5) is 5.69 Å². The van der Waals surface area contributed by atoms with Crippen molar-refractivity contribution >= 4 is 28.9 Å². The van der Waals surface area contributed by atoms with Crippen molar-refractivity contribution in [3.05, 3.63) is 112 Å². The first kappa shape index (κ1) is 27.6. The lowest BCUT2D eigenvalue weighted by Crippen LogP contribution is -2.33. The summed E-state index contributed by atoms with van der Waals surface area (Å²) >= 11 is 5.87.